The molecule has 6 nitrogen and oxygen atoms in total. The fourth-order valence-corrected chi connectivity index (χ4v) is 2.07. The third-order valence-electron chi connectivity index (χ3n) is 3.01. The van der Waals surface area contributed by atoms with Gasteiger partial charge in [-0.25, -0.2) is 0 Å². The minimum atomic E-state index is -0.137. The molecule has 0 bridgehead atoms. The first-order valence-corrected chi connectivity index (χ1v) is 6.42. The second-order valence-corrected chi connectivity index (χ2v) is 4.38. The Morgan fingerprint density at radius 1 is 1.61 bits per heavy atom. The highest BCUT2D eigenvalue weighted by Crippen LogP contribution is 2.19. The molecule has 2 heterocycles. The topological polar surface area (TPSA) is 68.2 Å². The molecular formula is C12H20N4O2. The third kappa shape index (κ3) is 3.54. The van der Waals surface area contributed by atoms with Gasteiger partial charge in [0.15, 0.2) is 0 Å². The summed E-state index contributed by atoms with van der Waals surface area (Å²) in [6.45, 7) is 4.55. The summed E-state index contributed by atoms with van der Waals surface area (Å²) in [5.41, 5.74) is 0.734. The maximum absolute atomic E-state index is 11.5. The molecule has 1 aromatic heterocycles. The van der Waals surface area contributed by atoms with Crippen molar-refractivity contribution >= 4 is 11.6 Å². The van der Waals surface area contributed by atoms with Crippen LogP contribution in [0, 0.1) is 0 Å². The first-order valence-electron chi connectivity index (χ1n) is 6.42. The number of carbonyl (C=O) groups excluding carboxylic acids is 1. The van der Waals surface area contributed by atoms with Crippen molar-refractivity contribution in [3.05, 3.63) is 12.4 Å². The standard InChI is InChI=1S/C12H20N4O2/c1-2-18-9-12(17)15-10-7-14-16(8-10)11-3-5-13-6-4-11/h7-8,11,13H,2-6,9H2,1H3,(H,15,17). The van der Waals surface area contributed by atoms with Crippen LogP contribution in [0.25, 0.3) is 0 Å². The van der Waals surface area contributed by atoms with E-state index in [1.165, 1.54) is 0 Å². The maximum Gasteiger partial charge on any atom is 0.250 e. The number of carbonyl (C=O) groups is 1. The van der Waals surface area contributed by atoms with Crippen LogP contribution < -0.4 is 10.6 Å². The summed E-state index contributed by atoms with van der Waals surface area (Å²) in [6, 6.07) is 0.434. The first kappa shape index (κ1) is 13.0. The van der Waals surface area contributed by atoms with Crippen LogP contribution in [-0.4, -0.2) is 42.0 Å². The molecule has 0 radical (unpaired) electrons. The van der Waals surface area contributed by atoms with Crippen molar-refractivity contribution in [2.24, 2.45) is 0 Å². The highest BCUT2D eigenvalue weighted by atomic mass is 16.5. The van der Waals surface area contributed by atoms with E-state index in [0.29, 0.717) is 12.6 Å². The molecule has 0 saturated carbocycles. The lowest BCUT2D eigenvalue weighted by atomic mass is 10.1. The molecule has 1 aromatic rings. The molecule has 18 heavy (non-hydrogen) atoms. The Kier molecular flexibility index (Phi) is 4.72. The van der Waals surface area contributed by atoms with E-state index in [2.05, 4.69) is 15.7 Å². The Labute approximate surface area is 107 Å². The van der Waals surface area contributed by atoms with Crippen LogP contribution in [0.5, 0.6) is 0 Å². The molecule has 1 amide bonds. The first-order chi connectivity index (χ1) is 8.79. The molecule has 1 fully saturated rings. The third-order valence-corrected chi connectivity index (χ3v) is 3.01. The number of amides is 1. The van der Waals surface area contributed by atoms with Gasteiger partial charge in [0, 0.05) is 12.8 Å². The fourth-order valence-electron chi connectivity index (χ4n) is 2.07. The lowest BCUT2D eigenvalue weighted by molar-refractivity contribution is -0.120. The number of hydrogen-bond acceptors (Lipinski definition) is 4. The smallest absolute Gasteiger partial charge is 0.250 e. The maximum atomic E-state index is 11.5. The lowest BCUT2D eigenvalue weighted by Gasteiger charge is -2.22. The monoisotopic (exact) mass is 252 g/mol. The van der Waals surface area contributed by atoms with Crippen molar-refractivity contribution in [2.45, 2.75) is 25.8 Å². The molecule has 0 spiro atoms. The van der Waals surface area contributed by atoms with E-state index in [0.717, 1.165) is 31.6 Å². The Morgan fingerprint density at radius 3 is 3.11 bits per heavy atom. The van der Waals surface area contributed by atoms with Crippen LogP contribution >= 0.6 is 0 Å². The SMILES string of the molecule is CCOCC(=O)Nc1cnn(C2CCNCC2)c1. The number of anilines is 1. The van der Waals surface area contributed by atoms with Gasteiger partial charge in [0.1, 0.15) is 6.61 Å². The molecule has 1 aliphatic heterocycles. The van der Waals surface area contributed by atoms with Crippen LogP contribution in [0.4, 0.5) is 5.69 Å². The molecule has 0 unspecified atom stereocenters. The van der Waals surface area contributed by atoms with E-state index in [-0.39, 0.29) is 12.5 Å². The predicted molar refractivity (Wildman–Crippen MR) is 68.5 cm³/mol. The molecule has 2 N–H and O–H groups in total. The van der Waals surface area contributed by atoms with Crippen molar-refractivity contribution in [1.29, 1.82) is 0 Å². The molecule has 2 rings (SSSR count). The van der Waals surface area contributed by atoms with E-state index < -0.39 is 0 Å². The number of aromatic nitrogens is 2. The van der Waals surface area contributed by atoms with E-state index in [9.17, 15) is 4.79 Å². The fraction of sp³-hybridized carbons (Fsp3) is 0.667. The van der Waals surface area contributed by atoms with Gasteiger partial charge in [-0.1, -0.05) is 0 Å². The minimum Gasteiger partial charge on any atom is -0.372 e. The normalized spacial score (nSPS) is 16.7. The molecular weight excluding hydrogens is 232 g/mol. The Morgan fingerprint density at radius 2 is 2.39 bits per heavy atom. The van der Waals surface area contributed by atoms with Crippen molar-refractivity contribution in [3.8, 4) is 0 Å². The summed E-state index contributed by atoms with van der Waals surface area (Å²) in [5.74, 6) is -0.137. The Bertz CT molecular complexity index is 385. The lowest BCUT2D eigenvalue weighted by Crippen LogP contribution is -2.29. The summed E-state index contributed by atoms with van der Waals surface area (Å²) in [4.78, 5) is 11.5. The molecule has 0 atom stereocenters. The quantitative estimate of drug-likeness (QED) is 0.812. The number of piperidine rings is 1. The van der Waals surface area contributed by atoms with E-state index >= 15 is 0 Å². The Hall–Kier alpha value is -1.40. The van der Waals surface area contributed by atoms with Crippen LogP contribution in [0.15, 0.2) is 12.4 Å². The van der Waals surface area contributed by atoms with Gasteiger partial charge in [-0.15, -0.1) is 0 Å². The summed E-state index contributed by atoms with van der Waals surface area (Å²) in [7, 11) is 0. The van der Waals surface area contributed by atoms with Gasteiger partial charge in [-0.3, -0.25) is 9.48 Å². The molecule has 100 valence electrons. The molecule has 1 aliphatic rings. The average molecular weight is 252 g/mol. The summed E-state index contributed by atoms with van der Waals surface area (Å²) >= 11 is 0. The van der Waals surface area contributed by atoms with Gasteiger partial charge in [0.25, 0.3) is 0 Å². The zero-order chi connectivity index (χ0) is 12.8. The van der Waals surface area contributed by atoms with Crippen molar-refractivity contribution < 1.29 is 9.53 Å². The number of nitrogens with zero attached hydrogens (tertiary/aromatic N) is 2. The Balaban J connectivity index is 1.87. The summed E-state index contributed by atoms with van der Waals surface area (Å²) in [5, 5.41) is 10.4. The van der Waals surface area contributed by atoms with Gasteiger partial charge < -0.3 is 15.4 Å². The molecule has 1 saturated heterocycles. The van der Waals surface area contributed by atoms with Crippen molar-refractivity contribution in [2.75, 3.05) is 31.6 Å². The largest absolute Gasteiger partial charge is 0.372 e. The second-order valence-electron chi connectivity index (χ2n) is 4.38. The number of ether oxygens (including phenoxy) is 1. The van der Waals surface area contributed by atoms with Gasteiger partial charge in [0.2, 0.25) is 5.91 Å². The summed E-state index contributed by atoms with van der Waals surface area (Å²) in [6.07, 6.45) is 5.73. The molecule has 0 aliphatic carbocycles. The van der Waals surface area contributed by atoms with Crippen LogP contribution in [-0.2, 0) is 9.53 Å². The highest BCUT2D eigenvalue weighted by Gasteiger charge is 2.16. The van der Waals surface area contributed by atoms with E-state index in [4.69, 9.17) is 4.74 Å². The van der Waals surface area contributed by atoms with Crippen molar-refractivity contribution in [1.82, 2.24) is 15.1 Å². The average Bonchev–Trinajstić information content (AvgIpc) is 2.86. The number of hydrogen-bond donors (Lipinski definition) is 2. The minimum absolute atomic E-state index is 0.0923. The number of rotatable bonds is 5. The van der Waals surface area contributed by atoms with E-state index in [1.807, 2.05) is 17.8 Å². The molecule has 6 heteroatoms. The van der Waals surface area contributed by atoms with Crippen molar-refractivity contribution in [3.63, 3.8) is 0 Å². The van der Waals surface area contributed by atoms with Crippen LogP contribution in [0.1, 0.15) is 25.8 Å². The zero-order valence-corrected chi connectivity index (χ0v) is 10.7. The zero-order valence-electron chi connectivity index (χ0n) is 10.7. The second kappa shape index (κ2) is 6.51. The van der Waals surface area contributed by atoms with Gasteiger partial charge in [-0.05, 0) is 32.9 Å². The molecule has 0 aromatic carbocycles. The van der Waals surface area contributed by atoms with Gasteiger partial charge >= 0.3 is 0 Å². The van der Waals surface area contributed by atoms with Gasteiger partial charge in [0.05, 0.1) is 17.9 Å². The highest BCUT2D eigenvalue weighted by molar-refractivity contribution is 5.91. The predicted octanol–water partition coefficient (Wildman–Crippen LogP) is 0.783. The summed E-state index contributed by atoms with van der Waals surface area (Å²) < 4.78 is 6.98. The van der Waals surface area contributed by atoms with Gasteiger partial charge in [-0.2, -0.15) is 5.10 Å². The number of nitrogens with one attached hydrogen (secondary N) is 2. The van der Waals surface area contributed by atoms with Crippen LogP contribution in [0.2, 0.25) is 0 Å². The van der Waals surface area contributed by atoms with Crippen LogP contribution in [0.3, 0.4) is 0 Å². The van der Waals surface area contributed by atoms with E-state index in [1.54, 1.807) is 6.20 Å².